The average molecular weight is 1370 g/mol. The first-order valence-corrected chi connectivity index (χ1v) is 35.5. The number of aromatic hydroxyl groups is 1. The molecular formula is C66H88FN11O14S2Si. The molecule has 0 bridgehead atoms. The number of fused-ring (bicyclic) bond motifs is 1. The number of nitrogens with one attached hydrogen (secondary N) is 9. The number of amides is 8. The van der Waals surface area contributed by atoms with Crippen molar-refractivity contribution < 1.29 is 72.5 Å². The molecule has 0 spiro atoms. The van der Waals surface area contributed by atoms with Crippen LogP contribution in [0.25, 0.3) is 10.9 Å². The fourth-order valence-corrected chi connectivity index (χ4v) is 18.0. The summed E-state index contributed by atoms with van der Waals surface area (Å²) < 4.78 is 17.0. The quantitative estimate of drug-likeness (QED) is 0.0112. The fraction of sp³-hybridized carbons (Fsp3) is 0.455. The van der Waals surface area contributed by atoms with E-state index >= 15 is 13.7 Å². The van der Waals surface area contributed by atoms with E-state index in [0.29, 0.717) is 44.8 Å². The lowest BCUT2D eigenvalue weighted by atomic mass is 10.0. The number of aromatic nitrogens is 1. The number of benzene rings is 4. The van der Waals surface area contributed by atoms with Crippen LogP contribution in [0.15, 0.2) is 114 Å². The molecule has 0 radical (unpaired) electrons. The van der Waals surface area contributed by atoms with Gasteiger partial charge in [-0.2, -0.15) is 0 Å². The summed E-state index contributed by atoms with van der Waals surface area (Å²) in [6.07, 6.45) is -0.280. The van der Waals surface area contributed by atoms with Gasteiger partial charge in [0.15, 0.2) is 12.6 Å². The topological polar surface area (TPSA) is 394 Å². The molecule has 6 rings (SSSR count). The van der Waals surface area contributed by atoms with Crippen molar-refractivity contribution in [2.75, 3.05) is 24.7 Å². The Balaban J connectivity index is 1.37. The van der Waals surface area contributed by atoms with Crippen molar-refractivity contribution in [3.05, 3.63) is 132 Å². The lowest BCUT2D eigenvalue weighted by Crippen LogP contribution is -2.62. The van der Waals surface area contributed by atoms with E-state index < -0.39 is 145 Å². The Hall–Kier alpha value is -8.35. The number of hydrogen-bond donors (Lipinski definition) is 14. The Labute approximate surface area is 560 Å². The first kappa shape index (κ1) is 75.7. The minimum atomic E-state index is -3.56. The van der Waals surface area contributed by atoms with Crippen LogP contribution in [-0.2, 0) is 67.3 Å². The highest BCUT2D eigenvalue weighted by Gasteiger charge is 2.56. The highest BCUT2D eigenvalue weighted by molar-refractivity contribution is 8.76. The van der Waals surface area contributed by atoms with Crippen molar-refractivity contribution in [2.45, 2.75) is 165 Å². The zero-order chi connectivity index (χ0) is 69.8. The van der Waals surface area contributed by atoms with Gasteiger partial charge in [-0.1, -0.05) is 153 Å². The predicted molar refractivity (Wildman–Crippen MR) is 364 cm³/mol. The second kappa shape index (κ2) is 34.9. The third-order valence-electron chi connectivity index (χ3n) is 16.0. The number of para-hydroxylation sites is 1. The maximum atomic E-state index is 17.0. The number of aromatic amines is 1. The fourth-order valence-electron chi connectivity index (χ4n) is 11.1. The highest BCUT2D eigenvalue weighted by atomic mass is 33.1. The van der Waals surface area contributed by atoms with Crippen LogP contribution in [0.2, 0.25) is 10.1 Å². The van der Waals surface area contributed by atoms with E-state index in [1.807, 2.05) is 41.5 Å². The van der Waals surface area contributed by atoms with Crippen molar-refractivity contribution >= 4 is 106 Å². The van der Waals surface area contributed by atoms with Gasteiger partial charge >= 0.3 is 5.97 Å². The molecule has 8 amide bonds. The van der Waals surface area contributed by atoms with Crippen LogP contribution in [-0.4, -0.2) is 178 Å². The summed E-state index contributed by atoms with van der Waals surface area (Å²) in [6, 6.07) is 15.5. The van der Waals surface area contributed by atoms with Crippen LogP contribution in [0.4, 0.5) is 4.11 Å². The van der Waals surface area contributed by atoms with Crippen LogP contribution in [0.1, 0.15) is 96.9 Å². The van der Waals surface area contributed by atoms with Gasteiger partial charge in [0.25, 0.3) is 14.3 Å². The molecule has 1 aliphatic heterocycles. The van der Waals surface area contributed by atoms with Crippen molar-refractivity contribution in [1.29, 1.82) is 0 Å². The van der Waals surface area contributed by atoms with E-state index in [1.54, 1.807) is 85.1 Å². The molecule has 5 aromatic rings. The van der Waals surface area contributed by atoms with Crippen LogP contribution in [0, 0.1) is 0 Å². The molecule has 29 heteroatoms. The van der Waals surface area contributed by atoms with Crippen LogP contribution in [0.5, 0.6) is 5.75 Å². The SMILES string of the molecule is C[C@H](O)C1NC(=O)[C@H](CCCCN)NC(=O)[C@@H](Cc2c[nH]c3ccccc23)NC(=O)C(Cc2ccc(O)cc2)NC(=O)[C@@H](NC(=O)[C@H](Cc2ccccc2)NC(=O)CO/N=C/c2ccc([Si]([18F])(C(C)(C)C)C(C)(C)C)cc2)CSSCC(C(=O)N[C@H](C(=O)O)[C@H](C)O)NC1=O. The van der Waals surface area contributed by atoms with E-state index in [1.165, 1.54) is 37.4 Å². The molecule has 0 aliphatic carbocycles. The number of carboxylic acid groups (broad SMARTS) is 1. The molecule has 10 atom stereocenters. The monoisotopic (exact) mass is 1370 g/mol. The second-order valence-electron chi connectivity index (χ2n) is 25.5. The number of nitrogens with two attached hydrogens (primary N) is 1. The molecule has 2 heterocycles. The van der Waals surface area contributed by atoms with Crippen molar-refractivity contribution in [3.8, 4) is 5.75 Å². The van der Waals surface area contributed by atoms with Gasteiger partial charge in [-0.15, -0.1) is 0 Å². The number of hydrogen-bond acceptors (Lipinski definition) is 17. The number of carbonyl (C=O) groups excluding carboxylic acids is 8. The maximum absolute atomic E-state index is 17.0. The number of aliphatic hydroxyl groups is 2. The number of carbonyl (C=O) groups is 9. The molecule has 4 aromatic carbocycles. The number of carboxylic acids is 1. The summed E-state index contributed by atoms with van der Waals surface area (Å²) in [5.41, 5.74) is 8.65. The highest BCUT2D eigenvalue weighted by Crippen LogP contribution is 2.51. The molecule has 3 unspecified atom stereocenters. The Bertz CT molecular complexity index is 3470. The van der Waals surface area contributed by atoms with Crippen molar-refractivity contribution in [3.63, 3.8) is 0 Å². The van der Waals surface area contributed by atoms with Gasteiger partial charge in [0.2, 0.25) is 41.4 Å². The number of unbranched alkanes of at least 4 members (excludes halogenated alkanes) is 1. The summed E-state index contributed by atoms with van der Waals surface area (Å²) in [6.45, 7) is 13.2. The number of aliphatic hydroxyl groups excluding tert-OH is 2. The van der Waals surface area contributed by atoms with E-state index in [-0.39, 0.29) is 50.2 Å². The zero-order valence-electron chi connectivity index (χ0n) is 54.4. The van der Waals surface area contributed by atoms with E-state index in [9.17, 15) is 54.0 Å². The molecule has 1 aromatic heterocycles. The number of rotatable bonds is 23. The van der Waals surface area contributed by atoms with Crippen LogP contribution >= 0.6 is 21.6 Å². The number of phenols is 1. The first-order valence-electron chi connectivity index (χ1n) is 31.2. The van der Waals surface area contributed by atoms with Gasteiger partial charge < -0.3 is 82.6 Å². The second-order valence-corrected chi connectivity index (χ2v) is 32.9. The molecule has 25 nitrogen and oxygen atoms in total. The van der Waals surface area contributed by atoms with Gasteiger partial charge in [0, 0.05) is 47.9 Å². The number of halogens is 1. The minimum absolute atomic E-state index is 0.0616. The molecule has 1 aliphatic rings. The third kappa shape index (κ3) is 21.6. The van der Waals surface area contributed by atoms with E-state index in [2.05, 4.69) is 52.7 Å². The Morgan fingerprint density at radius 1 is 0.726 bits per heavy atom. The third-order valence-corrected chi connectivity index (χ3v) is 23.7. The van der Waals surface area contributed by atoms with Gasteiger partial charge in [0.1, 0.15) is 48.0 Å². The normalized spacial score (nSPS) is 20.5. The zero-order valence-corrected chi connectivity index (χ0v) is 57.0. The van der Waals surface area contributed by atoms with Gasteiger partial charge in [0.05, 0.1) is 18.4 Å². The van der Waals surface area contributed by atoms with Crippen molar-refractivity contribution in [2.24, 2.45) is 10.9 Å². The lowest BCUT2D eigenvalue weighted by molar-refractivity contribution is -0.145. The Kier molecular flexibility index (Phi) is 27.8. The predicted octanol–water partition coefficient (Wildman–Crippen LogP) is 2.92. The van der Waals surface area contributed by atoms with Crippen LogP contribution in [0.3, 0.4) is 0 Å². The number of nitrogens with zero attached hydrogens (tertiary/aromatic N) is 1. The summed E-state index contributed by atoms with van der Waals surface area (Å²) in [7, 11) is -1.83. The largest absolute Gasteiger partial charge is 0.508 e. The minimum Gasteiger partial charge on any atom is -0.508 e. The standard InChI is InChI=1S/C66H88FN11O14S2Si/c1-38(79)55-63(89)76-53(62(88)78-56(39(2)80)64(90)91)37-94-93-36-52(75-58(84)49(30-40-16-10-9-11-17-40)71-54(82)35-92-70-33-42-23-27-45(28-24-42)95(67,65(3,4)5)66(6,7)8)61(87)73-50(31-41-21-25-44(81)26-22-41)59(85)74-51(32-43-34-69-47-19-13-12-18-46(43)47)60(86)72-48(57(83)77-55)20-14-15-29-68/h9-13,16-19,21-28,33-34,38-39,48-53,55-56,69,79-81H,14-15,20,29-32,35-37,68H2,1-8H3,(H,71,82)(H,72,86)(H,73,87)(H,74,85)(H,75,84)(H,76,89)(H,77,83)(H,78,88)(H,90,91)/b70-33+/t38-,39-,48-,49-,50?,51+,52-,53?,55?,56-/m0/s1/i67-1. The summed E-state index contributed by atoms with van der Waals surface area (Å²) in [5, 5.41) is 66.3. The number of oxime groups is 1. The summed E-state index contributed by atoms with van der Waals surface area (Å²) in [4.78, 5) is 137. The molecule has 0 saturated carbocycles. The summed E-state index contributed by atoms with van der Waals surface area (Å²) in [5.74, 6) is -10.2. The molecule has 1 saturated heterocycles. The van der Waals surface area contributed by atoms with Gasteiger partial charge in [-0.25, -0.2) is 4.79 Å². The maximum Gasteiger partial charge on any atom is 0.328 e. The van der Waals surface area contributed by atoms with Crippen molar-refractivity contribution in [1.82, 2.24) is 47.5 Å². The molecule has 95 heavy (non-hydrogen) atoms. The van der Waals surface area contributed by atoms with E-state index in [4.69, 9.17) is 10.6 Å². The molecular weight excluding hydrogens is 1280 g/mol. The molecule has 514 valence electrons. The van der Waals surface area contributed by atoms with Crippen LogP contribution < -0.4 is 53.5 Å². The molecule has 15 N–H and O–H groups in total. The number of phenolic OH excluding ortho intramolecular Hbond substituents is 1. The van der Waals surface area contributed by atoms with E-state index in [0.717, 1.165) is 28.5 Å². The average Bonchev–Trinajstić information content (AvgIpc) is 1.25. The number of aliphatic carboxylic acids is 1. The smallest absolute Gasteiger partial charge is 0.328 e. The Morgan fingerprint density at radius 3 is 1.95 bits per heavy atom. The molecule has 1 fully saturated rings. The summed E-state index contributed by atoms with van der Waals surface area (Å²) >= 11 is 0. The number of H-pyrrole nitrogens is 1. The Morgan fingerprint density at radius 2 is 1.33 bits per heavy atom. The lowest BCUT2D eigenvalue weighted by Gasteiger charge is -2.44. The van der Waals surface area contributed by atoms with Gasteiger partial charge in [-0.05, 0) is 95.4 Å². The first-order chi connectivity index (χ1) is 44.9. The van der Waals surface area contributed by atoms with Gasteiger partial charge in [-0.3, -0.25) is 38.4 Å².